The van der Waals surface area contributed by atoms with Crippen LogP contribution in [0.15, 0.2) is 61.2 Å². The van der Waals surface area contributed by atoms with Crippen molar-refractivity contribution >= 4 is 6.03 Å². The predicted octanol–water partition coefficient (Wildman–Crippen LogP) is 5.26. The topological polar surface area (TPSA) is 77.9 Å². The number of nitrogens with zero attached hydrogens (tertiary/aromatic N) is 3. The van der Waals surface area contributed by atoms with E-state index < -0.39 is 0 Å². The van der Waals surface area contributed by atoms with Gasteiger partial charge >= 0.3 is 6.03 Å². The molecule has 0 spiro atoms. The van der Waals surface area contributed by atoms with E-state index in [9.17, 15) is 9.90 Å². The van der Waals surface area contributed by atoms with Crippen molar-refractivity contribution in [2.24, 2.45) is 0 Å². The Morgan fingerprint density at radius 3 is 2.39 bits per heavy atom. The molecule has 2 saturated heterocycles. The lowest BCUT2D eigenvalue weighted by Crippen LogP contribution is -2.49. The Labute approximate surface area is 215 Å². The van der Waals surface area contributed by atoms with E-state index in [0.29, 0.717) is 18.2 Å². The zero-order valence-corrected chi connectivity index (χ0v) is 21.6. The third kappa shape index (κ3) is 7.62. The number of carbonyl (C=O) groups excluding carboxylic acids is 1. The summed E-state index contributed by atoms with van der Waals surface area (Å²) in [6.45, 7) is 16.7. The molecule has 1 aromatic carbocycles. The van der Waals surface area contributed by atoms with Crippen LogP contribution < -0.4 is 10.1 Å². The molecule has 2 aromatic rings. The molecule has 7 heteroatoms. The summed E-state index contributed by atoms with van der Waals surface area (Å²) in [7, 11) is 0. The molecule has 192 valence electrons. The summed E-state index contributed by atoms with van der Waals surface area (Å²) < 4.78 is 5.78. The number of phenolic OH excluding ortho intramolecular Hbond substituents is 1. The van der Waals surface area contributed by atoms with E-state index in [1.165, 1.54) is 5.56 Å². The van der Waals surface area contributed by atoms with Gasteiger partial charge in [-0.25, -0.2) is 9.78 Å². The van der Waals surface area contributed by atoms with E-state index in [0.717, 1.165) is 43.7 Å². The predicted molar refractivity (Wildman–Crippen MR) is 145 cm³/mol. The number of aromatic hydroxyl groups is 1. The van der Waals surface area contributed by atoms with Crippen LogP contribution in [0.25, 0.3) is 0 Å². The third-order valence-electron chi connectivity index (χ3n) is 6.16. The zero-order valence-electron chi connectivity index (χ0n) is 21.6. The number of allylic oxidation sites excluding steroid dienone is 1. The Morgan fingerprint density at radius 2 is 1.83 bits per heavy atom. The minimum Gasteiger partial charge on any atom is -0.508 e. The summed E-state index contributed by atoms with van der Waals surface area (Å²) in [5.74, 6) is 1.38. The molecule has 36 heavy (non-hydrogen) atoms. The first-order valence-electron chi connectivity index (χ1n) is 12.1. The van der Waals surface area contributed by atoms with E-state index >= 15 is 0 Å². The molecule has 0 aliphatic carbocycles. The number of piperidine rings is 1. The van der Waals surface area contributed by atoms with E-state index in [2.05, 4.69) is 47.3 Å². The number of rotatable bonds is 6. The van der Waals surface area contributed by atoms with Crippen LogP contribution in [0.2, 0.25) is 0 Å². The van der Waals surface area contributed by atoms with Gasteiger partial charge in [-0.3, -0.25) is 4.90 Å². The summed E-state index contributed by atoms with van der Waals surface area (Å²) in [4.78, 5) is 21.3. The van der Waals surface area contributed by atoms with E-state index in [1.807, 2.05) is 31.7 Å². The average Bonchev–Trinajstić information content (AvgIpc) is 3.26. The van der Waals surface area contributed by atoms with Crippen molar-refractivity contribution in [1.29, 1.82) is 0 Å². The Hall–Kier alpha value is -3.76. The number of nitrogens with one attached hydrogen (secondary N) is 1. The molecule has 2 N–H and O–H groups in total. The smallest absolute Gasteiger partial charge is 0.318 e. The van der Waals surface area contributed by atoms with Crippen molar-refractivity contribution in [3.63, 3.8) is 0 Å². The van der Waals surface area contributed by atoms with Crippen LogP contribution in [0, 0.1) is 19.8 Å². The largest absolute Gasteiger partial charge is 0.508 e. The summed E-state index contributed by atoms with van der Waals surface area (Å²) >= 11 is 0. The van der Waals surface area contributed by atoms with E-state index in [-0.39, 0.29) is 23.9 Å². The molecule has 0 bridgehead atoms. The van der Waals surface area contributed by atoms with Crippen molar-refractivity contribution in [2.75, 3.05) is 19.6 Å². The van der Waals surface area contributed by atoms with Gasteiger partial charge in [0, 0.05) is 44.0 Å². The lowest BCUT2D eigenvalue weighted by atomic mass is 9.99. The van der Waals surface area contributed by atoms with Gasteiger partial charge in [-0.1, -0.05) is 24.3 Å². The number of terminal acetylenes is 1. The minimum atomic E-state index is 0.0377. The average molecular weight is 491 g/mol. The molecular formula is C29H38N4O3. The number of aryl methyl sites for hydroxylation is 1. The Bertz CT molecular complexity index is 1040. The molecule has 1 atom stereocenters. The van der Waals surface area contributed by atoms with Crippen molar-refractivity contribution in [1.82, 2.24) is 20.1 Å². The molecule has 3 heterocycles. The van der Waals surface area contributed by atoms with Gasteiger partial charge in [0.1, 0.15) is 11.5 Å². The van der Waals surface area contributed by atoms with E-state index in [4.69, 9.17) is 4.74 Å². The number of likely N-dealkylation sites (tertiary alicyclic amines) is 1. The highest BCUT2D eigenvalue weighted by atomic mass is 16.5. The summed E-state index contributed by atoms with van der Waals surface area (Å²) in [6, 6.07) is 11.0. The molecule has 2 fully saturated rings. The molecule has 2 aliphatic heterocycles. The Balaban J connectivity index is 0.000000850. The lowest BCUT2D eigenvalue weighted by Gasteiger charge is -2.39. The number of benzene rings is 1. The van der Waals surface area contributed by atoms with Gasteiger partial charge in [-0.2, -0.15) is 0 Å². The normalized spacial score (nSPS) is 17.6. The molecule has 0 radical (unpaired) electrons. The second-order valence-corrected chi connectivity index (χ2v) is 8.86. The lowest BCUT2D eigenvalue weighted by molar-refractivity contribution is 0.119. The fraction of sp³-hybridized carbons (Fsp3) is 0.379. The van der Waals surface area contributed by atoms with Gasteiger partial charge in [0.15, 0.2) is 0 Å². The van der Waals surface area contributed by atoms with Crippen molar-refractivity contribution < 1.29 is 14.6 Å². The second kappa shape index (κ2) is 14.0. The van der Waals surface area contributed by atoms with Crippen LogP contribution in [0.5, 0.6) is 17.4 Å². The first-order valence-corrected chi connectivity index (χ1v) is 12.1. The number of aromatic nitrogens is 1. The summed E-state index contributed by atoms with van der Waals surface area (Å²) in [6.07, 6.45) is 11.7. The first kappa shape index (κ1) is 28.5. The Morgan fingerprint density at radius 1 is 1.22 bits per heavy atom. The number of hydrogen-bond acceptors (Lipinski definition) is 5. The SMILES string of the molecule is C#C.C=C(C)C1CNC(=O)N1C1CCN(Cc2ccc(Oc3ccc(O)cc3)nc2C)CC1.C=CC. The highest BCUT2D eigenvalue weighted by Gasteiger charge is 2.37. The Kier molecular flexibility index (Phi) is 11.0. The van der Waals surface area contributed by atoms with Gasteiger partial charge in [0.25, 0.3) is 0 Å². The quantitative estimate of drug-likeness (QED) is 0.426. The third-order valence-corrected chi connectivity index (χ3v) is 6.16. The summed E-state index contributed by atoms with van der Waals surface area (Å²) in [5.41, 5.74) is 3.16. The van der Waals surface area contributed by atoms with Crippen LogP contribution in [0.4, 0.5) is 4.79 Å². The van der Waals surface area contributed by atoms with Crippen molar-refractivity contribution in [2.45, 2.75) is 52.2 Å². The highest BCUT2D eigenvalue weighted by Crippen LogP contribution is 2.27. The van der Waals surface area contributed by atoms with Gasteiger partial charge in [-0.15, -0.1) is 19.4 Å². The fourth-order valence-electron chi connectivity index (χ4n) is 4.37. The van der Waals surface area contributed by atoms with Crippen molar-refractivity contribution in [3.8, 4) is 30.2 Å². The molecule has 7 nitrogen and oxygen atoms in total. The van der Waals surface area contributed by atoms with Gasteiger partial charge in [-0.05, 0) is 63.4 Å². The zero-order chi connectivity index (χ0) is 26.7. The number of carbonyl (C=O) groups is 1. The number of amides is 2. The number of phenols is 1. The number of urea groups is 1. The molecular weight excluding hydrogens is 452 g/mol. The van der Waals surface area contributed by atoms with Crippen molar-refractivity contribution in [3.05, 3.63) is 72.5 Å². The number of pyridine rings is 1. The second-order valence-electron chi connectivity index (χ2n) is 8.86. The molecule has 0 saturated carbocycles. The molecule has 2 aliphatic rings. The standard InChI is InChI=1S/C24H30N4O3.C3H6.C2H2/c1-16(2)22-14-25-24(30)28(22)19-10-12-27(13-11-19)15-18-4-9-23(26-17(18)3)31-21-7-5-20(29)6-8-21;1-3-2;1-2/h4-9,19,22,29H,1,10-15H2,2-3H3,(H,25,30);3H,1H2,2H3;1-2H. The maximum atomic E-state index is 12.3. The van der Waals surface area contributed by atoms with Crippen LogP contribution in [-0.4, -0.2) is 57.6 Å². The highest BCUT2D eigenvalue weighted by molar-refractivity contribution is 5.78. The van der Waals surface area contributed by atoms with Gasteiger partial charge in [0.2, 0.25) is 5.88 Å². The van der Waals surface area contributed by atoms with Crippen LogP contribution in [0.1, 0.15) is 37.9 Å². The van der Waals surface area contributed by atoms with Gasteiger partial charge < -0.3 is 20.1 Å². The molecule has 2 amide bonds. The monoisotopic (exact) mass is 490 g/mol. The molecule has 1 aromatic heterocycles. The fourth-order valence-corrected chi connectivity index (χ4v) is 4.37. The maximum absolute atomic E-state index is 12.3. The van der Waals surface area contributed by atoms with Crippen LogP contribution in [-0.2, 0) is 6.54 Å². The van der Waals surface area contributed by atoms with Crippen LogP contribution in [0.3, 0.4) is 0 Å². The number of ether oxygens (including phenoxy) is 1. The number of hydrogen-bond donors (Lipinski definition) is 2. The molecule has 4 rings (SSSR count). The maximum Gasteiger partial charge on any atom is 0.318 e. The van der Waals surface area contributed by atoms with Crippen LogP contribution >= 0.6 is 0 Å². The summed E-state index contributed by atoms with van der Waals surface area (Å²) in [5, 5.41) is 12.3. The minimum absolute atomic E-state index is 0.0377. The molecule has 1 unspecified atom stereocenters. The first-order chi connectivity index (χ1) is 17.3. The van der Waals surface area contributed by atoms with E-state index in [1.54, 1.807) is 30.3 Å². The van der Waals surface area contributed by atoms with Gasteiger partial charge in [0.05, 0.1) is 6.04 Å².